The van der Waals surface area contributed by atoms with Gasteiger partial charge in [-0.2, -0.15) is 0 Å². The molecule has 144 valence electrons. The van der Waals surface area contributed by atoms with Crippen LogP contribution in [0.25, 0.3) is 0 Å². The summed E-state index contributed by atoms with van der Waals surface area (Å²) in [5, 5.41) is 0. The van der Waals surface area contributed by atoms with E-state index in [-0.39, 0.29) is 0 Å². The molecule has 7 atom stereocenters. The van der Waals surface area contributed by atoms with Crippen molar-refractivity contribution in [3.63, 3.8) is 0 Å². The first kappa shape index (κ1) is 17.3. The van der Waals surface area contributed by atoms with Crippen LogP contribution in [0, 0.1) is 40.4 Å². The molecular weight excluding hydrogens is 318 g/mol. The first-order chi connectivity index (χ1) is 12.6. The van der Waals surface area contributed by atoms with Crippen LogP contribution in [0.4, 0.5) is 0 Å². The molecule has 26 heavy (non-hydrogen) atoms. The average Bonchev–Trinajstić information content (AvgIpc) is 3.27. The Labute approximate surface area is 159 Å². The number of ether oxygens (including phenoxy) is 1. The van der Waals surface area contributed by atoms with E-state index >= 15 is 0 Å². The number of rotatable bonds is 2. The molecule has 0 N–H and O–H groups in total. The summed E-state index contributed by atoms with van der Waals surface area (Å²) in [7, 11) is 0. The van der Waals surface area contributed by atoms with Crippen molar-refractivity contribution in [3.8, 4) is 0 Å². The van der Waals surface area contributed by atoms with Gasteiger partial charge in [-0.3, -0.25) is 0 Å². The highest BCUT2D eigenvalue weighted by atomic mass is 16.5. The van der Waals surface area contributed by atoms with Gasteiger partial charge in [-0.15, -0.1) is 0 Å². The summed E-state index contributed by atoms with van der Waals surface area (Å²) in [4.78, 5) is 4.76. The van der Waals surface area contributed by atoms with E-state index in [9.17, 15) is 0 Å². The highest BCUT2D eigenvalue weighted by Crippen LogP contribution is 2.68. The molecule has 0 spiro atoms. The fraction of sp³-hybridized carbons (Fsp3) is 0.875. The minimum atomic E-state index is 0.315. The smallest absolute Gasteiger partial charge is 0.212 e. The molecule has 1 heterocycles. The number of aliphatic imine (C=N–C) groups is 1. The minimum absolute atomic E-state index is 0.315. The standard InChI is InChI=1S/C24H37NO/c1-4-16-9-11-19-18-10-8-17-6-5-7-21(22-25-14-15-26-22)24(17,3)20(18)12-13-23(16,19)2/h7,16-20H,4-6,8-15H2,1-3H3/t16-,17?,18-,19-,20-,23+,24-/m0/s1. The summed E-state index contributed by atoms with van der Waals surface area (Å²) in [6, 6.07) is 0. The molecule has 0 radical (unpaired) electrons. The highest BCUT2D eigenvalue weighted by molar-refractivity contribution is 5.96. The van der Waals surface area contributed by atoms with E-state index in [1.54, 1.807) is 0 Å². The van der Waals surface area contributed by atoms with Gasteiger partial charge in [-0.25, -0.2) is 4.99 Å². The number of nitrogens with zero attached hydrogens (tertiary/aromatic N) is 1. The first-order valence-corrected chi connectivity index (χ1v) is 11.5. The minimum Gasteiger partial charge on any atom is -0.476 e. The Morgan fingerprint density at radius 1 is 1.08 bits per heavy atom. The maximum Gasteiger partial charge on any atom is 0.212 e. The maximum atomic E-state index is 6.01. The van der Waals surface area contributed by atoms with Crippen LogP contribution in [0.3, 0.4) is 0 Å². The van der Waals surface area contributed by atoms with Gasteiger partial charge >= 0.3 is 0 Å². The Bertz CT molecular complexity index is 636. The lowest BCUT2D eigenvalue weighted by atomic mass is 9.44. The van der Waals surface area contributed by atoms with Gasteiger partial charge in [0.25, 0.3) is 0 Å². The number of hydrogen-bond acceptors (Lipinski definition) is 2. The zero-order chi connectivity index (χ0) is 17.9. The van der Waals surface area contributed by atoms with Crippen LogP contribution in [0.15, 0.2) is 16.6 Å². The van der Waals surface area contributed by atoms with Crippen molar-refractivity contribution in [2.75, 3.05) is 13.2 Å². The van der Waals surface area contributed by atoms with Gasteiger partial charge in [0.1, 0.15) is 6.61 Å². The molecule has 1 unspecified atom stereocenters. The quantitative estimate of drug-likeness (QED) is 0.593. The molecule has 0 saturated heterocycles. The van der Waals surface area contributed by atoms with Gasteiger partial charge in [0.05, 0.1) is 6.54 Å². The van der Waals surface area contributed by atoms with Crippen LogP contribution in [0.5, 0.6) is 0 Å². The van der Waals surface area contributed by atoms with Crippen molar-refractivity contribution in [3.05, 3.63) is 11.6 Å². The lowest BCUT2D eigenvalue weighted by Crippen LogP contribution is -2.54. The molecule has 2 heteroatoms. The summed E-state index contributed by atoms with van der Waals surface area (Å²) in [5.41, 5.74) is 2.45. The topological polar surface area (TPSA) is 21.6 Å². The average molecular weight is 356 g/mol. The van der Waals surface area contributed by atoms with Gasteiger partial charge in [0, 0.05) is 11.0 Å². The molecule has 0 bridgehead atoms. The molecule has 0 aromatic heterocycles. The predicted molar refractivity (Wildman–Crippen MR) is 107 cm³/mol. The van der Waals surface area contributed by atoms with Crippen molar-refractivity contribution >= 4 is 5.90 Å². The Morgan fingerprint density at radius 3 is 2.73 bits per heavy atom. The second-order valence-corrected chi connectivity index (χ2v) is 10.4. The zero-order valence-electron chi connectivity index (χ0n) is 17.1. The second kappa shape index (κ2) is 6.11. The van der Waals surface area contributed by atoms with Crippen LogP contribution in [-0.4, -0.2) is 19.0 Å². The Morgan fingerprint density at radius 2 is 1.96 bits per heavy atom. The number of allylic oxidation sites excluding steroid dienone is 1. The molecule has 5 rings (SSSR count). The van der Waals surface area contributed by atoms with Crippen LogP contribution in [0.2, 0.25) is 0 Å². The van der Waals surface area contributed by atoms with Gasteiger partial charge in [-0.05, 0) is 86.4 Å². The molecule has 2 nitrogen and oxygen atoms in total. The van der Waals surface area contributed by atoms with E-state index in [2.05, 4.69) is 26.8 Å². The summed E-state index contributed by atoms with van der Waals surface area (Å²) in [5.74, 6) is 5.61. The first-order valence-electron chi connectivity index (χ1n) is 11.5. The third-order valence-electron chi connectivity index (χ3n) is 9.85. The summed E-state index contributed by atoms with van der Waals surface area (Å²) >= 11 is 0. The summed E-state index contributed by atoms with van der Waals surface area (Å²) in [6.45, 7) is 9.35. The van der Waals surface area contributed by atoms with Crippen molar-refractivity contribution in [2.24, 2.45) is 45.4 Å². The molecule has 3 saturated carbocycles. The Hall–Kier alpha value is -0.790. The fourth-order valence-electron chi connectivity index (χ4n) is 8.54. The van der Waals surface area contributed by atoms with Crippen molar-refractivity contribution in [1.82, 2.24) is 0 Å². The summed E-state index contributed by atoms with van der Waals surface area (Å²) in [6.07, 6.45) is 15.3. The second-order valence-electron chi connectivity index (χ2n) is 10.4. The normalized spacial score (nSPS) is 50.2. The molecule has 0 aromatic carbocycles. The monoisotopic (exact) mass is 355 g/mol. The highest BCUT2D eigenvalue weighted by Gasteiger charge is 2.60. The van der Waals surface area contributed by atoms with Crippen molar-refractivity contribution < 1.29 is 4.74 Å². The maximum absolute atomic E-state index is 6.01. The van der Waals surface area contributed by atoms with Crippen LogP contribution in [-0.2, 0) is 4.74 Å². The van der Waals surface area contributed by atoms with Crippen LogP contribution >= 0.6 is 0 Å². The largest absolute Gasteiger partial charge is 0.476 e. The molecule has 5 aliphatic rings. The molecule has 1 aliphatic heterocycles. The van der Waals surface area contributed by atoms with E-state index in [1.165, 1.54) is 63.4 Å². The lowest BCUT2D eigenvalue weighted by molar-refractivity contribution is -0.0824. The van der Waals surface area contributed by atoms with E-state index in [0.717, 1.165) is 48.6 Å². The zero-order valence-corrected chi connectivity index (χ0v) is 17.1. The third kappa shape index (κ3) is 2.20. The number of hydrogen-bond donors (Lipinski definition) is 0. The third-order valence-corrected chi connectivity index (χ3v) is 9.85. The molecular formula is C24H37NO. The summed E-state index contributed by atoms with van der Waals surface area (Å²) < 4.78 is 6.01. The molecule has 3 fully saturated rings. The fourth-order valence-corrected chi connectivity index (χ4v) is 8.54. The van der Waals surface area contributed by atoms with Gasteiger partial charge in [-0.1, -0.05) is 33.3 Å². The molecule has 0 aromatic rings. The van der Waals surface area contributed by atoms with Gasteiger partial charge in [0.15, 0.2) is 0 Å². The molecule has 4 aliphatic carbocycles. The van der Waals surface area contributed by atoms with E-state index in [1.807, 2.05) is 0 Å². The molecule has 0 amide bonds. The van der Waals surface area contributed by atoms with Crippen LogP contribution < -0.4 is 0 Å². The number of fused-ring (bicyclic) bond motifs is 5. The van der Waals surface area contributed by atoms with Crippen molar-refractivity contribution in [1.29, 1.82) is 0 Å². The lowest BCUT2D eigenvalue weighted by Gasteiger charge is -2.60. The van der Waals surface area contributed by atoms with Gasteiger partial charge in [0.2, 0.25) is 5.90 Å². The Kier molecular flexibility index (Phi) is 4.07. The predicted octanol–water partition coefficient (Wildman–Crippen LogP) is 6.02. The van der Waals surface area contributed by atoms with Crippen LogP contribution in [0.1, 0.15) is 78.6 Å². The SMILES string of the molecule is CC[C@H]1CC[C@H]2[C@@H]3CCC4CCC=C(C5=NCCO5)[C@]4(C)[C@H]3CC[C@]12C. The van der Waals surface area contributed by atoms with E-state index < -0.39 is 0 Å². The Balaban J connectivity index is 1.51. The van der Waals surface area contributed by atoms with Gasteiger partial charge < -0.3 is 4.74 Å². The van der Waals surface area contributed by atoms with E-state index in [0.29, 0.717) is 10.8 Å². The van der Waals surface area contributed by atoms with E-state index in [4.69, 9.17) is 9.73 Å². The van der Waals surface area contributed by atoms with Crippen molar-refractivity contribution in [2.45, 2.75) is 78.6 Å².